The Morgan fingerprint density at radius 3 is 2.42 bits per heavy atom. The summed E-state index contributed by atoms with van der Waals surface area (Å²) in [5, 5.41) is 2.82. The van der Waals surface area contributed by atoms with Gasteiger partial charge < -0.3 is 10.2 Å². The van der Waals surface area contributed by atoms with E-state index in [9.17, 15) is 13.2 Å². The van der Waals surface area contributed by atoms with Gasteiger partial charge in [0.1, 0.15) is 0 Å². The van der Waals surface area contributed by atoms with Gasteiger partial charge in [-0.2, -0.15) is 0 Å². The lowest BCUT2D eigenvalue weighted by Gasteiger charge is -2.12. The van der Waals surface area contributed by atoms with Crippen LogP contribution < -0.4 is 10.0 Å². The van der Waals surface area contributed by atoms with Gasteiger partial charge in [-0.05, 0) is 63.8 Å². The molecule has 2 aromatic rings. The fourth-order valence-electron chi connectivity index (χ4n) is 2.50. The number of nitrogens with zero attached hydrogens (tertiary/aromatic N) is 1. The largest absolute Gasteiger partial charge is 0.322 e. The second-order valence-electron chi connectivity index (χ2n) is 6.70. The molecule has 0 aromatic heterocycles. The fourth-order valence-corrected chi connectivity index (χ4v) is 3.80. The van der Waals surface area contributed by atoms with Gasteiger partial charge in [-0.25, -0.2) is 13.1 Å². The van der Waals surface area contributed by atoms with Crippen LogP contribution in [0.15, 0.2) is 53.4 Å². The highest BCUT2D eigenvalue weighted by Crippen LogP contribution is 2.16. The lowest BCUT2D eigenvalue weighted by molar-refractivity contribution is 0.102. The first kappa shape index (κ1) is 20.1. The minimum atomic E-state index is -3.64. The zero-order chi connectivity index (χ0) is 19.3. The molecule has 140 valence electrons. The molecule has 2 N–H and O–H groups in total. The van der Waals surface area contributed by atoms with Crippen LogP contribution in [0.3, 0.4) is 0 Å². The molecule has 0 aliphatic rings. The van der Waals surface area contributed by atoms with Gasteiger partial charge in [0.2, 0.25) is 10.0 Å². The summed E-state index contributed by atoms with van der Waals surface area (Å²) in [7, 11) is 0.305. The van der Waals surface area contributed by atoms with Crippen LogP contribution in [0.5, 0.6) is 0 Å². The average molecular weight is 375 g/mol. The van der Waals surface area contributed by atoms with Crippen molar-refractivity contribution in [2.45, 2.75) is 31.3 Å². The van der Waals surface area contributed by atoms with Crippen LogP contribution >= 0.6 is 0 Å². The number of benzene rings is 2. The van der Waals surface area contributed by atoms with E-state index in [4.69, 9.17) is 0 Å². The standard InChI is InChI=1S/C19H25N3O3S/c1-14(2)21-26(24,25)18-10-6-8-16(12-18)19(23)20-17-9-5-7-15(11-17)13-22(3)4/h5-12,14,21H,13H2,1-4H3,(H,20,23). The van der Waals surface area contributed by atoms with Gasteiger partial charge in [-0.3, -0.25) is 4.79 Å². The van der Waals surface area contributed by atoms with E-state index >= 15 is 0 Å². The second-order valence-corrected chi connectivity index (χ2v) is 8.41. The van der Waals surface area contributed by atoms with Crippen molar-refractivity contribution in [2.24, 2.45) is 0 Å². The van der Waals surface area contributed by atoms with E-state index in [0.717, 1.165) is 12.1 Å². The summed E-state index contributed by atoms with van der Waals surface area (Å²) in [4.78, 5) is 14.6. The van der Waals surface area contributed by atoms with E-state index in [1.807, 2.05) is 37.2 Å². The average Bonchev–Trinajstić information content (AvgIpc) is 2.53. The van der Waals surface area contributed by atoms with Crippen molar-refractivity contribution in [1.82, 2.24) is 9.62 Å². The van der Waals surface area contributed by atoms with E-state index in [2.05, 4.69) is 10.0 Å². The van der Waals surface area contributed by atoms with Crippen LogP contribution in [-0.4, -0.2) is 39.4 Å². The van der Waals surface area contributed by atoms with Crippen molar-refractivity contribution in [3.05, 3.63) is 59.7 Å². The first-order valence-corrected chi connectivity index (χ1v) is 9.83. The fraction of sp³-hybridized carbons (Fsp3) is 0.316. The molecular weight excluding hydrogens is 350 g/mol. The Hall–Kier alpha value is -2.22. The van der Waals surface area contributed by atoms with E-state index in [0.29, 0.717) is 5.69 Å². The highest BCUT2D eigenvalue weighted by atomic mass is 32.2. The smallest absolute Gasteiger partial charge is 0.255 e. The first-order chi connectivity index (χ1) is 12.2. The third-order valence-corrected chi connectivity index (χ3v) is 5.14. The summed E-state index contributed by atoms with van der Waals surface area (Å²) < 4.78 is 27.1. The molecule has 26 heavy (non-hydrogen) atoms. The summed E-state index contributed by atoms with van der Waals surface area (Å²) in [5.74, 6) is -0.353. The molecule has 2 aromatic carbocycles. The molecule has 7 heteroatoms. The van der Waals surface area contributed by atoms with Gasteiger partial charge in [0.15, 0.2) is 0 Å². The minimum Gasteiger partial charge on any atom is -0.322 e. The Balaban J connectivity index is 2.19. The Morgan fingerprint density at radius 1 is 1.08 bits per heavy atom. The number of rotatable bonds is 7. The third kappa shape index (κ3) is 5.66. The zero-order valence-corrected chi connectivity index (χ0v) is 16.3. The number of hydrogen-bond donors (Lipinski definition) is 2. The van der Waals surface area contributed by atoms with Crippen molar-refractivity contribution in [2.75, 3.05) is 19.4 Å². The van der Waals surface area contributed by atoms with Gasteiger partial charge in [0, 0.05) is 23.8 Å². The topological polar surface area (TPSA) is 78.5 Å². The Bertz CT molecular complexity index is 877. The van der Waals surface area contributed by atoms with Crippen molar-refractivity contribution in [1.29, 1.82) is 0 Å². The lowest BCUT2D eigenvalue weighted by atomic mass is 10.1. The summed E-state index contributed by atoms with van der Waals surface area (Å²) in [6.07, 6.45) is 0. The quantitative estimate of drug-likeness (QED) is 0.780. The van der Waals surface area contributed by atoms with E-state index in [1.54, 1.807) is 32.0 Å². The number of anilines is 1. The minimum absolute atomic E-state index is 0.0696. The number of carbonyl (C=O) groups excluding carboxylic acids is 1. The maximum absolute atomic E-state index is 12.5. The molecule has 1 amide bonds. The van der Waals surface area contributed by atoms with Crippen LogP contribution in [0, 0.1) is 0 Å². The van der Waals surface area contributed by atoms with Gasteiger partial charge >= 0.3 is 0 Å². The molecule has 0 fully saturated rings. The van der Waals surface area contributed by atoms with Crippen LogP contribution in [0.2, 0.25) is 0 Å². The van der Waals surface area contributed by atoms with Crippen LogP contribution in [-0.2, 0) is 16.6 Å². The molecule has 2 rings (SSSR count). The summed E-state index contributed by atoms with van der Waals surface area (Å²) in [6, 6.07) is 13.3. The highest BCUT2D eigenvalue weighted by Gasteiger charge is 2.17. The summed E-state index contributed by atoms with van der Waals surface area (Å²) >= 11 is 0. The predicted molar refractivity (Wildman–Crippen MR) is 104 cm³/mol. The van der Waals surface area contributed by atoms with E-state index in [-0.39, 0.29) is 22.4 Å². The normalized spacial score (nSPS) is 11.8. The molecule has 0 radical (unpaired) electrons. The Kier molecular flexibility index (Phi) is 6.52. The van der Waals surface area contributed by atoms with Crippen molar-refractivity contribution < 1.29 is 13.2 Å². The maximum Gasteiger partial charge on any atom is 0.255 e. The van der Waals surface area contributed by atoms with Crippen LogP contribution in [0.25, 0.3) is 0 Å². The number of hydrogen-bond acceptors (Lipinski definition) is 4. The second kappa shape index (κ2) is 8.44. The van der Waals surface area contributed by atoms with Crippen LogP contribution in [0.1, 0.15) is 29.8 Å². The van der Waals surface area contributed by atoms with E-state index < -0.39 is 10.0 Å². The van der Waals surface area contributed by atoms with Crippen molar-refractivity contribution >= 4 is 21.6 Å². The number of sulfonamides is 1. The van der Waals surface area contributed by atoms with Gasteiger partial charge in [0.25, 0.3) is 5.91 Å². The van der Waals surface area contributed by atoms with Crippen molar-refractivity contribution in [3.8, 4) is 0 Å². The highest BCUT2D eigenvalue weighted by molar-refractivity contribution is 7.89. The molecule has 0 unspecified atom stereocenters. The summed E-state index contributed by atoms with van der Waals surface area (Å²) in [6.45, 7) is 4.25. The first-order valence-electron chi connectivity index (χ1n) is 8.35. The SMILES string of the molecule is CC(C)NS(=O)(=O)c1cccc(C(=O)Nc2cccc(CN(C)C)c2)c1. The van der Waals surface area contributed by atoms with Gasteiger partial charge in [-0.15, -0.1) is 0 Å². The zero-order valence-electron chi connectivity index (χ0n) is 15.5. The third-order valence-electron chi connectivity index (χ3n) is 3.48. The molecule has 0 aliphatic carbocycles. The van der Waals surface area contributed by atoms with Crippen molar-refractivity contribution in [3.63, 3.8) is 0 Å². The molecule has 0 atom stereocenters. The predicted octanol–water partition coefficient (Wildman–Crippen LogP) is 2.69. The number of amides is 1. The molecule has 0 spiro atoms. The Labute approximate surface area is 155 Å². The monoisotopic (exact) mass is 375 g/mol. The molecule has 0 heterocycles. The number of nitrogens with one attached hydrogen (secondary N) is 2. The molecule has 0 bridgehead atoms. The molecular formula is C19H25N3O3S. The number of carbonyl (C=O) groups is 1. The Morgan fingerprint density at radius 2 is 1.77 bits per heavy atom. The summed E-state index contributed by atoms with van der Waals surface area (Å²) in [5.41, 5.74) is 2.03. The van der Waals surface area contributed by atoms with Gasteiger partial charge in [-0.1, -0.05) is 18.2 Å². The lowest BCUT2D eigenvalue weighted by Crippen LogP contribution is -2.30. The molecule has 0 aliphatic heterocycles. The maximum atomic E-state index is 12.5. The van der Waals surface area contributed by atoms with Crippen LogP contribution in [0.4, 0.5) is 5.69 Å². The molecule has 0 saturated carbocycles. The molecule has 6 nitrogen and oxygen atoms in total. The molecule has 0 saturated heterocycles. The van der Waals surface area contributed by atoms with Gasteiger partial charge in [0.05, 0.1) is 4.90 Å². The van der Waals surface area contributed by atoms with E-state index in [1.165, 1.54) is 12.1 Å².